The summed E-state index contributed by atoms with van der Waals surface area (Å²) in [5.41, 5.74) is -0.181. The van der Waals surface area contributed by atoms with Crippen molar-refractivity contribution in [2.75, 3.05) is 0 Å². The van der Waals surface area contributed by atoms with Crippen LogP contribution in [-0.2, 0) is 4.79 Å². The van der Waals surface area contributed by atoms with E-state index in [2.05, 4.69) is 33.0 Å². The van der Waals surface area contributed by atoms with E-state index in [9.17, 15) is 4.79 Å². The van der Waals surface area contributed by atoms with E-state index in [-0.39, 0.29) is 22.9 Å². The van der Waals surface area contributed by atoms with Crippen LogP contribution < -0.4 is 5.32 Å². The van der Waals surface area contributed by atoms with Gasteiger partial charge in [-0.25, -0.2) is 0 Å². The van der Waals surface area contributed by atoms with Gasteiger partial charge in [0.25, 0.3) is 0 Å². The molecule has 0 saturated heterocycles. The number of hydrogen-bond donors (Lipinski definition) is 1. The third-order valence-corrected chi connectivity index (χ3v) is 2.56. The van der Waals surface area contributed by atoms with E-state index >= 15 is 0 Å². The Balaban J connectivity index is 4.46. The predicted octanol–water partition coefficient (Wildman–Crippen LogP) is 3.01. The van der Waals surface area contributed by atoms with E-state index in [4.69, 9.17) is 0 Å². The van der Waals surface area contributed by atoms with Crippen LogP contribution in [0.25, 0.3) is 0 Å². The predicted molar refractivity (Wildman–Crippen MR) is 66.0 cm³/mol. The molecule has 0 heterocycles. The molecule has 2 atom stereocenters. The largest absolute Gasteiger partial charge is 0.309 e. The van der Waals surface area contributed by atoms with Gasteiger partial charge in [0.1, 0.15) is 5.78 Å². The molecule has 0 spiro atoms. The van der Waals surface area contributed by atoms with Crippen molar-refractivity contribution >= 4 is 5.78 Å². The standard InChI is InChI=1S/C13H27NO/c1-9(11(15)12(3,4)5)10(2)14-13(6,7)8/h9-10,14H,1-8H3. The first-order valence-corrected chi connectivity index (χ1v) is 5.77. The fourth-order valence-corrected chi connectivity index (χ4v) is 1.72. The first kappa shape index (κ1) is 14.6. The molecular formula is C13H27NO. The summed E-state index contributed by atoms with van der Waals surface area (Å²) in [7, 11) is 0. The first-order valence-electron chi connectivity index (χ1n) is 5.77. The molecular weight excluding hydrogens is 186 g/mol. The molecule has 0 radical (unpaired) electrons. The summed E-state index contributed by atoms with van der Waals surface area (Å²) in [6, 6.07) is 0.219. The van der Waals surface area contributed by atoms with Gasteiger partial charge in [0.05, 0.1) is 0 Å². The molecule has 0 amide bonds. The number of rotatable bonds is 3. The minimum absolute atomic E-state index is 0.0595. The second-order valence-corrected chi connectivity index (χ2v) is 6.59. The normalized spacial score (nSPS) is 17.3. The summed E-state index contributed by atoms with van der Waals surface area (Å²) in [6.45, 7) is 16.4. The van der Waals surface area contributed by atoms with Gasteiger partial charge in [-0.05, 0) is 27.7 Å². The number of ketones is 1. The molecule has 0 aromatic carbocycles. The second kappa shape index (κ2) is 4.65. The van der Waals surface area contributed by atoms with E-state index in [0.29, 0.717) is 5.78 Å². The summed E-state index contributed by atoms with van der Waals surface area (Å²) >= 11 is 0. The fourth-order valence-electron chi connectivity index (χ4n) is 1.72. The summed E-state index contributed by atoms with van der Waals surface area (Å²) in [5, 5.41) is 3.45. The lowest BCUT2D eigenvalue weighted by atomic mass is 9.80. The van der Waals surface area contributed by atoms with Gasteiger partial charge in [0.2, 0.25) is 0 Å². The Morgan fingerprint density at radius 1 is 1.00 bits per heavy atom. The Morgan fingerprint density at radius 2 is 1.40 bits per heavy atom. The monoisotopic (exact) mass is 213 g/mol. The van der Waals surface area contributed by atoms with E-state index in [1.54, 1.807) is 0 Å². The van der Waals surface area contributed by atoms with Crippen LogP contribution >= 0.6 is 0 Å². The van der Waals surface area contributed by atoms with Crippen molar-refractivity contribution in [1.82, 2.24) is 5.32 Å². The highest BCUT2D eigenvalue weighted by Crippen LogP contribution is 2.22. The molecule has 0 rings (SSSR count). The molecule has 15 heavy (non-hydrogen) atoms. The molecule has 0 aliphatic heterocycles. The van der Waals surface area contributed by atoms with Crippen molar-refractivity contribution in [2.24, 2.45) is 11.3 Å². The van der Waals surface area contributed by atoms with E-state index < -0.39 is 0 Å². The van der Waals surface area contributed by atoms with Crippen LogP contribution in [0.4, 0.5) is 0 Å². The van der Waals surface area contributed by atoms with Crippen LogP contribution in [0, 0.1) is 11.3 Å². The lowest BCUT2D eigenvalue weighted by molar-refractivity contribution is -0.130. The average Bonchev–Trinajstić information content (AvgIpc) is 1.96. The van der Waals surface area contributed by atoms with Crippen molar-refractivity contribution in [3.05, 3.63) is 0 Å². The number of hydrogen-bond acceptors (Lipinski definition) is 2. The number of carbonyl (C=O) groups excluding carboxylic acids is 1. The first-order chi connectivity index (χ1) is 6.45. The Bertz CT molecular complexity index is 220. The molecule has 0 aromatic heterocycles. The molecule has 0 aliphatic carbocycles. The Kier molecular flexibility index (Phi) is 4.53. The third kappa shape index (κ3) is 5.31. The van der Waals surface area contributed by atoms with Crippen LogP contribution in [0.5, 0.6) is 0 Å². The molecule has 0 fully saturated rings. The van der Waals surface area contributed by atoms with Gasteiger partial charge in [-0.2, -0.15) is 0 Å². The maximum Gasteiger partial charge on any atom is 0.142 e. The molecule has 90 valence electrons. The average molecular weight is 213 g/mol. The van der Waals surface area contributed by atoms with Crippen molar-refractivity contribution in [3.8, 4) is 0 Å². The maximum absolute atomic E-state index is 12.1. The second-order valence-electron chi connectivity index (χ2n) is 6.59. The summed E-state index contributed by atoms with van der Waals surface area (Å²) < 4.78 is 0. The number of Topliss-reactive ketones (excluding diaryl/α,β-unsaturated/α-hetero) is 1. The number of carbonyl (C=O) groups is 1. The molecule has 1 N–H and O–H groups in total. The Labute approximate surface area is 94.8 Å². The molecule has 2 nitrogen and oxygen atoms in total. The van der Waals surface area contributed by atoms with E-state index in [0.717, 1.165) is 0 Å². The molecule has 0 bridgehead atoms. The van der Waals surface area contributed by atoms with Crippen molar-refractivity contribution < 1.29 is 4.79 Å². The quantitative estimate of drug-likeness (QED) is 0.781. The minimum Gasteiger partial charge on any atom is -0.309 e. The van der Waals surface area contributed by atoms with Gasteiger partial charge in [-0.1, -0.05) is 27.7 Å². The van der Waals surface area contributed by atoms with Crippen LogP contribution in [0.15, 0.2) is 0 Å². The molecule has 0 aliphatic rings. The third-order valence-electron chi connectivity index (χ3n) is 2.56. The van der Waals surface area contributed by atoms with Gasteiger partial charge in [0, 0.05) is 22.9 Å². The van der Waals surface area contributed by atoms with Crippen LogP contribution in [0.3, 0.4) is 0 Å². The summed E-state index contributed by atoms with van der Waals surface area (Å²) in [6.07, 6.45) is 0. The van der Waals surface area contributed by atoms with Gasteiger partial charge >= 0.3 is 0 Å². The highest BCUT2D eigenvalue weighted by Gasteiger charge is 2.31. The van der Waals surface area contributed by atoms with Crippen molar-refractivity contribution in [1.29, 1.82) is 0 Å². The zero-order chi connectivity index (χ0) is 12.4. The fraction of sp³-hybridized carbons (Fsp3) is 0.923. The van der Waals surface area contributed by atoms with Gasteiger partial charge in [-0.15, -0.1) is 0 Å². The molecule has 2 heteroatoms. The van der Waals surface area contributed by atoms with Crippen LogP contribution in [-0.4, -0.2) is 17.4 Å². The molecule has 0 saturated carbocycles. The van der Waals surface area contributed by atoms with Crippen LogP contribution in [0.2, 0.25) is 0 Å². The zero-order valence-electron chi connectivity index (χ0n) is 11.6. The van der Waals surface area contributed by atoms with Crippen LogP contribution in [0.1, 0.15) is 55.4 Å². The Morgan fingerprint density at radius 3 is 1.67 bits per heavy atom. The SMILES string of the molecule is CC(NC(C)(C)C)C(C)C(=O)C(C)(C)C. The number of nitrogens with one attached hydrogen (secondary N) is 1. The van der Waals surface area contributed by atoms with Gasteiger partial charge in [-0.3, -0.25) is 4.79 Å². The highest BCUT2D eigenvalue weighted by atomic mass is 16.1. The smallest absolute Gasteiger partial charge is 0.142 e. The lowest BCUT2D eigenvalue weighted by Gasteiger charge is -2.32. The minimum atomic E-state index is -0.243. The van der Waals surface area contributed by atoms with Crippen molar-refractivity contribution in [2.45, 2.75) is 67.0 Å². The van der Waals surface area contributed by atoms with E-state index in [1.165, 1.54) is 0 Å². The maximum atomic E-state index is 12.1. The molecule has 2 unspecified atom stereocenters. The zero-order valence-corrected chi connectivity index (χ0v) is 11.6. The highest BCUT2D eigenvalue weighted by molar-refractivity contribution is 5.86. The molecule has 0 aromatic rings. The van der Waals surface area contributed by atoms with Gasteiger partial charge < -0.3 is 5.32 Å². The lowest BCUT2D eigenvalue weighted by Crippen LogP contribution is -2.48. The summed E-state index contributed by atoms with van der Waals surface area (Å²) in [4.78, 5) is 12.1. The summed E-state index contributed by atoms with van der Waals surface area (Å²) in [5.74, 6) is 0.385. The topological polar surface area (TPSA) is 29.1 Å². The van der Waals surface area contributed by atoms with Gasteiger partial charge in [0.15, 0.2) is 0 Å². The van der Waals surface area contributed by atoms with E-state index in [1.807, 2.05) is 27.7 Å². The van der Waals surface area contributed by atoms with Crippen molar-refractivity contribution in [3.63, 3.8) is 0 Å². The Hall–Kier alpha value is -0.370.